The summed E-state index contributed by atoms with van der Waals surface area (Å²) in [6.45, 7) is 8.65. The molecule has 0 N–H and O–H groups in total. The molecule has 1 aromatic rings. The third-order valence-corrected chi connectivity index (χ3v) is 3.84. The van der Waals surface area contributed by atoms with Crippen LogP contribution in [-0.4, -0.2) is 7.85 Å². The van der Waals surface area contributed by atoms with Crippen molar-refractivity contribution in [3.8, 4) is 0 Å². The molecule has 0 aliphatic heterocycles. The van der Waals surface area contributed by atoms with E-state index in [-0.39, 0.29) is 0 Å². The molecule has 82 valence electrons. The third kappa shape index (κ3) is 1.96. The first-order chi connectivity index (χ1) is 7.63. The van der Waals surface area contributed by atoms with Crippen molar-refractivity contribution in [2.45, 2.75) is 44.8 Å². The molecule has 0 saturated carbocycles. The van der Waals surface area contributed by atoms with Crippen LogP contribution >= 0.6 is 0 Å². The van der Waals surface area contributed by atoms with E-state index in [1.54, 1.807) is 0 Å². The minimum absolute atomic E-state index is 0.544. The largest absolute Gasteiger partial charge is 0.0960 e. The molecule has 0 spiro atoms. The topological polar surface area (TPSA) is 0 Å². The van der Waals surface area contributed by atoms with Gasteiger partial charge in [0, 0.05) is 0 Å². The van der Waals surface area contributed by atoms with Crippen LogP contribution in [-0.2, 0) is 0 Å². The Balaban J connectivity index is 2.44. The lowest BCUT2D eigenvalue weighted by atomic mass is 9.77. The summed E-state index contributed by atoms with van der Waals surface area (Å²) >= 11 is 0. The molecule has 2 rings (SSSR count). The second-order valence-electron chi connectivity index (χ2n) is 5.03. The Morgan fingerprint density at radius 2 is 1.88 bits per heavy atom. The number of fused-ring (bicyclic) bond motifs is 1. The smallest absolute Gasteiger partial charge is 0.0716 e. The van der Waals surface area contributed by atoms with E-state index in [9.17, 15) is 0 Å². The third-order valence-electron chi connectivity index (χ3n) is 3.84. The minimum Gasteiger partial charge on any atom is -0.0960 e. The number of hydrogen-bond donors (Lipinski definition) is 0. The number of hydrogen-bond acceptors (Lipinski definition) is 0. The Bertz CT molecular complexity index is 406. The molecule has 1 aliphatic rings. The SMILES string of the molecule is [B]CC(=C)c1ccc2c(c1)C(C)CCC2C. The molecule has 1 aliphatic carbocycles. The lowest BCUT2D eigenvalue weighted by Crippen LogP contribution is -2.10. The molecule has 0 amide bonds. The number of allylic oxidation sites excluding steroid dienone is 1. The van der Waals surface area contributed by atoms with Gasteiger partial charge in [-0.05, 0) is 41.4 Å². The van der Waals surface area contributed by atoms with Gasteiger partial charge < -0.3 is 0 Å². The van der Waals surface area contributed by atoms with Crippen molar-refractivity contribution in [1.29, 1.82) is 0 Å². The van der Waals surface area contributed by atoms with Crippen LogP contribution in [0.25, 0.3) is 5.57 Å². The van der Waals surface area contributed by atoms with Gasteiger partial charge in [0.1, 0.15) is 0 Å². The van der Waals surface area contributed by atoms with Gasteiger partial charge in [-0.2, -0.15) is 0 Å². The first-order valence-electron chi connectivity index (χ1n) is 6.15. The number of benzene rings is 1. The van der Waals surface area contributed by atoms with Crippen LogP contribution in [0.1, 0.15) is 55.2 Å². The zero-order valence-corrected chi connectivity index (χ0v) is 10.3. The molecule has 0 saturated heterocycles. The standard InChI is InChI=1S/C15H19B/c1-10-4-5-11(2)15-8-13(12(3)9-16)6-7-14(10)15/h6-8,10-11H,3-5,9H2,1-2H3. The highest BCUT2D eigenvalue weighted by atomic mass is 14.3. The quantitative estimate of drug-likeness (QED) is 0.639. The number of rotatable bonds is 2. The summed E-state index contributed by atoms with van der Waals surface area (Å²) in [5, 5.41) is 0. The second-order valence-corrected chi connectivity index (χ2v) is 5.03. The maximum atomic E-state index is 5.64. The van der Waals surface area contributed by atoms with E-state index < -0.39 is 0 Å². The van der Waals surface area contributed by atoms with Gasteiger partial charge >= 0.3 is 0 Å². The highest BCUT2D eigenvalue weighted by molar-refractivity contribution is 6.14. The average Bonchev–Trinajstić information content (AvgIpc) is 2.32. The molecular weight excluding hydrogens is 191 g/mol. The molecule has 0 aromatic heterocycles. The zero-order chi connectivity index (χ0) is 11.7. The van der Waals surface area contributed by atoms with Crippen LogP contribution in [0.3, 0.4) is 0 Å². The Morgan fingerprint density at radius 3 is 2.50 bits per heavy atom. The van der Waals surface area contributed by atoms with Crippen molar-refractivity contribution < 1.29 is 0 Å². The predicted molar refractivity (Wildman–Crippen MR) is 72.1 cm³/mol. The van der Waals surface area contributed by atoms with Crippen LogP contribution in [0, 0.1) is 0 Å². The van der Waals surface area contributed by atoms with Crippen LogP contribution in [0.15, 0.2) is 24.8 Å². The van der Waals surface area contributed by atoms with Crippen molar-refractivity contribution in [2.24, 2.45) is 0 Å². The fourth-order valence-electron chi connectivity index (χ4n) is 2.60. The van der Waals surface area contributed by atoms with Gasteiger partial charge in [-0.15, -0.1) is 0 Å². The molecule has 0 bridgehead atoms. The van der Waals surface area contributed by atoms with Crippen molar-refractivity contribution in [2.75, 3.05) is 0 Å². The molecule has 2 atom stereocenters. The predicted octanol–water partition coefficient (Wildman–Crippen LogP) is 4.29. The van der Waals surface area contributed by atoms with Crippen molar-refractivity contribution in [3.63, 3.8) is 0 Å². The molecule has 0 nitrogen and oxygen atoms in total. The van der Waals surface area contributed by atoms with E-state index in [2.05, 4.69) is 38.6 Å². The van der Waals surface area contributed by atoms with Crippen molar-refractivity contribution >= 4 is 13.4 Å². The molecule has 0 heterocycles. The molecule has 2 radical (unpaired) electrons. The lowest BCUT2D eigenvalue weighted by molar-refractivity contribution is 0.527. The highest BCUT2D eigenvalue weighted by Gasteiger charge is 2.21. The summed E-state index contributed by atoms with van der Waals surface area (Å²) in [5.74, 6) is 1.38. The normalized spacial score (nSPS) is 23.9. The first-order valence-corrected chi connectivity index (χ1v) is 6.15. The summed E-state index contributed by atoms with van der Waals surface area (Å²) in [4.78, 5) is 0. The fourth-order valence-corrected chi connectivity index (χ4v) is 2.60. The van der Waals surface area contributed by atoms with E-state index in [0.717, 1.165) is 5.57 Å². The molecule has 0 fully saturated rings. The van der Waals surface area contributed by atoms with E-state index in [1.165, 1.54) is 29.5 Å². The van der Waals surface area contributed by atoms with Gasteiger partial charge in [-0.1, -0.05) is 50.5 Å². The Morgan fingerprint density at radius 1 is 1.25 bits per heavy atom. The molecular formula is C15H19B. The minimum atomic E-state index is 0.544. The summed E-state index contributed by atoms with van der Waals surface area (Å²) in [7, 11) is 5.64. The maximum absolute atomic E-state index is 5.64. The van der Waals surface area contributed by atoms with E-state index in [1.807, 2.05) is 0 Å². The fraction of sp³-hybridized carbons (Fsp3) is 0.467. The van der Waals surface area contributed by atoms with Gasteiger partial charge in [0.15, 0.2) is 0 Å². The first kappa shape index (κ1) is 11.5. The molecule has 1 heteroatoms. The Hall–Kier alpha value is -0.975. The molecule has 1 aromatic carbocycles. The van der Waals surface area contributed by atoms with Crippen LogP contribution < -0.4 is 0 Å². The maximum Gasteiger partial charge on any atom is 0.0716 e. The summed E-state index contributed by atoms with van der Waals surface area (Å²) in [6.07, 6.45) is 3.15. The van der Waals surface area contributed by atoms with Crippen LogP contribution in [0.4, 0.5) is 0 Å². The van der Waals surface area contributed by atoms with E-state index in [4.69, 9.17) is 7.85 Å². The van der Waals surface area contributed by atoms with Gasteiger partial charge in [0.05, 0.1) is 7.85 Å². The Labute approximate surface area is 100 Å². The van der Waals surface area contributed by atoms with Crippen LogP contribution in [0.2, 0.25) is 6.32 Å². The van der Waals surface area contributed by atoms with Crippen LogP contribution in [0.5, 0.6) is 0 Å². The lowest BCUT2D eigenvalue weighted by Gasteiger charge is -2.28. The molecule has 16 heavy (non-hydrogen) atoms. The van der Waals surface area contributed by atoms with Gasteiger partial charge in [0.25, 0.3) is 0 Å². The zero-order valence-electron chi connectivity index (χ0n) is 10.3. The van der Waals surface area contributed by atoms with Gasteiger partial charge in [0.2, 0.25) is 0 Å². The van der Waals surface area contributed by atoms with Gasteiger partial charge in [-0.3, -0.25) is 0 Å². The summed E-state index contributed by atoms with van der Waals surface area (Å²) < 4.78 is 0. The summed E-state index contributed by atoms with van der Waals surface area (Å²) in [5.41, 5.74) is 5.27. The Kier molecular flexibility index (Phi) is 3.23. The molecule has 2 unspecified atom stereocenters. The van der Waals surface area contributed by atoms with Crippen molar-refractivity contribution in [3.05, 3.63) is 41.5 Å². The average molecular weight is 210 g/mol. The summed E-state index contributed by atoms with van der Waals surface area (Å²) in [6, 6.07) is 6.74. The monoisotopic (exact) mass is 210 g/mol. The van der Waals surface area contributed by atoms with Gasteiger partial charge in [-0.25, -0.2) is 0 Å². The second kappa shape index (κ2) is 4.49. The highest BCUT2D eigenvalue weighted by Crippen LogP contribution is 2.39. The van der Waals surface area contributed by atoms with Crippen molar-refractivity contribution in [1.82, 2.24) is 0 Å². The van der Waals surface area contributed by atoms with E-state index in [0.29, 0.717) is 18.2 Å². The van der Waals surface area contributed by atoms with E-state index >= 15 is 0 Å².